The van der Waals surface area contributed by atoms with E-state index in [0.717, 1.165) is 25.2 Å². The molecule has 1 aromatic carbocycles. The highest BCUT2D eigenvalue weighted by Gasteiger charge is 2.40. The molecule has 0 spiro atoms. The molecule has 3 heterocycles. The molecule has 0 bridgehead atoms. The molecule has 3 atom stereocenters. The van der Waals surface area contributed by atoms with Crippen LogP contribution in [0.5, 0.6) is 0 Å². The minimum atomic E-state index is -0.615. The molecular formula is C22H28F2N4O. The van der Waals surface area contributed by atoms with Gasteiger partial charge in [-0.1, -0.05) is 0 Å². The van der Waals surface area contributed by atoms with Crippen molar-refractivity contribution in [3.8, 4) is 0 Å². The van der Waals surface area contributed by atoms with E-state index in [-0.39, 0.29) is 17.6 Å². The first-order valence-corrected chi connectivity index (χ1v) is 10.6. The summed E-state index contributed by atoms with van der Waals surface area (Å²) in [5, 5.41) is 0. The number of aromatic nitrogens is 2. The average Bonchev–Trinajstić information content (AvgIpc) is 3.34. The topological polar surface area (TPSA) is 56.3 Å². The third-order valence-corrected chi connectivity index (χ3v) is 6.47. The monoisotopic (exact) mass is 402 g/mol. The first-order chi connectivity index (χ1) is 13.9. The molecule has 5 nitrogen and oxygen atoms in total. The Hall–Kier alpha value is -1.83. The maximum absolute atomic E-state index is 14.2. The Morgan fingerprint density at radius 3 is 2.69 bits per heavy atom. The molecule has 2 N–H and O–H groups in total. The number of rotatable bonds is 4. The fraction of sp³-hybridized carbons (Fsp3) is 0.591. The van der Waals surface area contributed by atoms with Gasteiger partial charge in [0.1, 0.15) is 23.6 Å². The maximum atomic E-state index is 14.2. The summed E-state index contributed by atoms with van der Waals surface area (Å²) in [6.07, 6.45) is 2.56. The molecule has 29 heavy (non-hydrogen) atoms. The summed E-state index contributed by atoms with van der Waals surface area (Å²) in [5.74, 6) is 0.937. The number of halogens is 2. The summed E-state index contributed by atoms with van der Waals surface area (Å²) in [4.78, 5) is 7.35. The lowest BCUT2D eigenvalue weighted by atomic mass is 9.93. The van der Waals surface area contributed by atoms with Crippen LogP contribution >= 0.6 is 0 Å². The van der Waals surface area contributed by atoms with Crippen LogP contribution in [0.2, 0.25) is 0 Å². The Kier molecular flexibility index (Phi) is 4.72. The van der Waals surface area contributed by atoms with Crippen molar-refractivity contribution in [2.75, 3.05) is 6.61 Å². The van der Waals surface area contributed by atoms with Gasteiger partial charge in [0.25, 0.3) is 0 Å². The van der Waals surface area contributed by atoms with Crippen LogP contribution in [0, 0.1) is 11.6 Å². The Morgan fingerprint density at radius 1 is 1.21 bits per heavy atom. The first-order valence-electron chi connectivity index (χ1n) is 10.6. The Bertz CT molecular complexity index is 924. The van der Waals surface area contributed by atoms with Crippen LogP contribution in [0.1, 0.15) is 73.9 Å². The lowest BCUT2D eigenvalue weighted by Crippen LogP contribution is -2.48. The largest absolute Gasteiger partial charge is 0.370 e. The molecule has 2 aliphatic heterocycles. The predicted molar refractivity (Wildman–Crippen MR) is 105 cm³/mol. The maximum Gasteiger partial charge on any atom is 0.129 e. The number of hydrogen-bond acceptors (Lipinski definition) is 4. The highest BCUT2D eigenvalue weighted by molar-refractivity contribution is 5.27. The van der Waals surface area contributed by atoms with Crippen LogP contribution < -0.4 is 5.73 Å². The number of benzene rings is 1. The molecule has 0 radical (unpaired) electrons. The molecule has 2 fully saturated rings. The van der Waals surface area contributed by atoms with Gasteiger partial charge in [-0.25, -0.2) is 13.8 Å². The summed E-state index contributed by atoms with van der Waals surface area (Å²) < 4.78 is 36.1. The molecule has 1 aliphatic carbocycles. The van der Waals surface area contributed by atoms with Crippen LogP contribution in [0.3, 0.4) is 0 Å². The molecule has 0 unspecified atom stereocenters. The van der Waals surface area contributed by atoms with E-state index in [0.29, 0.717) is 25.0 Å². The Labute approximate surface area is 169 Å². The van der Waals surface area contributed by atoms with Gasteiger partial charge < -0.3 is 15.0 Å². The van der Waals surface area contributed by atoms with Crippen molar-refractivity contribution >= 4 is 0 Å². The number of ether oxygens (including phenoxy) is 1. The van der Waals surface area contributed by atoms with Gasteiger partial charge in [0, 0.05) is 42.7 Å². The molecule has 156 valence electrons. The van der Waals surface area contributed by atoms with E-state index in [1.165, 1.54) is 36.1 Å². The van der Waals surface area contributed by atoms with E-state index < -0.39 is 17.7 Å². The highest BCUT2D eigenvalue weighted by Crippen LogP contribution is 2.43. The van der Waals surface area contributed by atoms with Crippen molar-refractivity contribution in [1.82, 2.24) is 14.5 Å². The molecule has 1 saturated heterocycles. The number of nitrogens with two attached hydrogens (primary N) is 1. The van der Waals surface area contributed by atoms with Gasteiger partial charge in [0.15, 0.2) is 0 Å². The standard InChI is InChI=1S/C22H28F2N4O/c1-12(2)28-20-10-27(9-19(20)26-22(28)13-3-4-13)15-8-18(25)21(29-11-15)16-7-14(23)5-6-17(16)24/h5-7,12-13,15,18,21H,3-4,8-11,25H2,1-2H3/t15-,18+,21-/m1/s1. The average molecular weight is 402 g/mol. The molecule has 0 amide bonds. The first kappa shape index (κ1) is 19.2. The molecule has 1 aromatic heterocycles. The van der Waals surface area contributed by atoms with Crippen molar-refractivity contribution in [1.29, 1.82) is 0 Å². The number of imidazole rings is 1. The smallest absolute Gasteiger partial charge is 0.129 e. The lowest BCUT2D eigenvalue weighted by molar-refractivity contribution is -0.0535. The van der Waals surface area contributed by atoms with E-state index in [1.54, 1.807) is 0 Å². The van der Waals surface area contributed by atoms with E-state index in [9.17, 15) is 8.78 Å². The Morgan fingerprint density at radius 2 is 2.00 bits per heavy atom. The fourth-order valence-corrected chi connectivity index (χ4v) is 4.88. The van der Waals surface area contributed by atoms with Crippen molar-refractivity contribution in [3.05, 3.63) is 52.6 Å². The van der Waals surface area contributed by atoms with Gasteiger partial charge in [-0.2, -0.15) is 0 Å². The van der Waals surface area contributed by atoms with Gasteiger partial charge in [-0.05, 0) is 51.3 Å². The third-order valence-electron chi connectivity index (χ3n) is 6.47. The van der Waals surface area contributed by atoms with Gasteiger partial charge in [-0.15, -0.1) is 0 Å². The van der Waals surface area contributed by atoms with Crippen LogP contribution in [-0.4, -0.2) is 33.1 Å². The van der Waals surface area contributed by atoms with Crippen molar-refractivity contribution in [2.24, 2.45) is 5.73 Å². The minimum Gasteiger partial charge on any atom is -0.370 e. The lowest BCUT2D eigenvalue weighted by Gasteiger charge is -2.38. The van der Waals surface area contributed by atoms with E-state index >= 15 is 0 Å². The summed E-state index contributed by atoms with van der Waals surface area (Å²) >= 11 is 0. The Balaban J connectivity index is 1.30. The third kappa shape index (κ3) is 3.39. The second-order valence-corrected chi connectivity index (χ2v) is 8.98. The zero-order valence-electron chi connectivity index (χ0n) is 16.9. The normalized spacial score (nSPS) is 27.6. The van der Waals surface area contributed by atoms with Gasteiger partial charge in [-0.3, -0.25) is 4.90 Å². The molecule has 7 heteroatoms. The van der Waals surface area contributed by atoms with E-state index in [2.05, 4.69) is 23.3 Å². The highest BCUT2D eigenvalue weighted by atomic mass is 19.1. The van der Waals surface area contributed by atoms with Crippen LogP contribution in [0.15, 0.2) is 18.2 Å². The molecule has 3 aliphatic rings. The second-order valence-electron chi connectivity index (χ2n) is 8.98. The van der Waals surface area contributed by atoms with Crippen LogP contribution in [0.4, 0.5) is 8.78 Å². The van der Waals surface area contributed by atoms with Gasteiger partial charge in [0.05, 0.1) is 18.0 Å². The van der Waals surface area contributed by atoms with Crippen LogP contribution in [-0.2, 0) is 17.8 Å². The van der Waals surface area contributed by atoms with Gasteiger partial charge in [0.2, 0.25) is 0 Å². The summed E-state index contributed by atoms with van der Waals surface area (Å²) in [6, 6.07) is 3.61. The zero-order chi connectivity index (χ0) is 20.3. The molecular weight excluding hydrogens is 374 g/mol. The number of hydrogen-bond donors (Lipinski definition) is 1. The number of nitrogens with zero attached hydrogens (tertiary/aromatic N) is 3. The summed E-state index contributed by atoms with van der Waals surface area (Å²) in [7, 11) is 0. The minimum absolute atomic E-state index is 0.150. The molecule has 1 saturated carbocycles. The summed E-state index contributed by atoms with van der Waals surface area (Å²) in [6.45, 7) is 6.53. The molecule has 2 aromatic rings. The fourth-order valence-electron chi connectivity index (χ4n) is 4.88. The molecule has 5 rings (SSSR count). The SMILES string of the molecule is CC(C)n1c(C2CC2)nc2c1CN([C@H]1CO[C@H](c3cc(F)ccc3F)[C@@H](N)C1)C2. The second kappa shape index (κ2) is 7.15. The van der Waals surface area contributed by atoms with Crippen LogP contribution in [0.25, 0.3) is 0 Å². The van der Waals surface area contributed by atoms with E-state index in [4.69, 9.17) is 15.5 Å². The van der Waals surface area contributed by atoms with Crippen molar-refractivity contribution < 1.29 is 13.5 Å². The van der Waals surface area contributed by atoms with E-state index in [1.807, 2.05) is 0 Å². The zero-order valence-corrected chi connectivity index (χ0v) is 16.9. The van der Waals surface area contributed by atoms with Crippen molar-refractivity contribution in [2.45, 2.75) is 76.3 Å². The van der Waals surface area contributed by atoms with Crippen molar-refractivity contribution in [3.63, 3.8) is 0 Å². The predicted octanol–water partition coefficient (Wildman–Crippen LogP) is 3.79. The van der Waals surface area contributed by atoms with Gasteiger partial charge >= 0.3 is 0 Å². The number of fused-ring (bicyclic) bond motifs is 1. The summed E-state index contributed by atoms with van der Waals surface area (Å²) in [5.41, 5.74) is 9.06. The quantitative estimate of drug-likeness (QED) is 0.845.